The highest BCUT2D eigenvalue weighted by Gasteiger charge is 2.03. The van der Waals surface area contributed by atoms with Gasteiger partial charge in [-0.05, 0) is 38.1 Å². The number of ether oxygens (including phenoxy) is 2. The van der Waals surface area contributed by atoms with Crippen molar-refractivity contribution in [3.63, 3.8) is 0 Å². The third-order valence-corrected chi connectivity index (χ3v) is 2.14. The molecule has 0 bridgehead atoms. The first-order valence-electron chi connectivity index (χ1n) is 5.53. The van der Waals surface area contributed by atoms with Crippen LogP contribution in [-0.2, 0) is 9.53 Å². The number of rotatable bonds is 6. The predicted octanol–water partition coefficient (Wildman–Crippen LogP) is 2.22. The fraction of sp³-hybridized carbons (Fsp3) is 0.385. The number of Topliss-reactive ketones (excluding diaryl/α,β-unsaturated/α-hetero) is 1. The second kappa shape index (κ2) is 6.68. The van der Waals surface area contributed by atoms with Gasteiger partial charge in [0.05, 0.1) is 19.6 Å². The molecule has 4 heteroatoms. The number of benzene rings is 1. The molecule has 0 aromatic heterocycles. The number of ketones is 1. The first kappa shape index (κ1) is 13.2. The fourth-order valence-electron chi connectivity index (χ4n) is 1.27. The predicted molar refractivity (Wildman–Crippen MR) is 63.2 cm³/mol. The molecule has 0 heterocycles. The quantitative estimate of drug-likeness (QED) is 0.561. The normalized spacial score (nSPS) is 9.76. The Balaban J connectivity index is 2.37. The lowest BCUT2D eigenvalue weighted by Gasteiger charge is -2.06. The van der Waals surface area contributed by atoms with Gasteiger partial charge in [-0.3, -0.25) is 9.59 Å². The van der Waals surface area contributed by atoms with Crippen molar-refractivity contribution >= 4 is 11.8 Å². The highest BCUT2D eigenvalue weighted by Crippen LogP contribution is 2.12. The van der Waals surface area contributed by atoms with Gasteiger partial charge in [0, 0.05) is 5.56 Å². The Morgan fingerprint density at radius 3 is 2.35 bits per heavy atom. The third kappa shape index (κ3) is 4.68. The van der Waals surface area contributed by atoms with E-state index in [1.54, 1.807) is 31.2 Å². The highest BCUT2D eigenvalue weighted by atomic mass is 16.5. The first-order valence-corrected chi connectivity index (χ1v) is 5.53. The summed E-state index contributed by atoms with van der Waals surface area (Å²) < 4.78 is 10.1. The van der Waals surface area contributed by atoms with Crippen LogP contribution >= 0.6 is 0 Å². The van der Waals surface area contributed by atoms with Gasteiger partial charge < -0.3 is 9.47 Å². The number of carbonyl (C=O) groups is 2. The zero-order chi connectivity index (χ0) is 12.7. The van der Waals surface area contributed by atoms with Crippen LogP contribution in [0.1, 0.15) is 30.6 Å². The zero-order valence-electron chi connectivity index (χ0n) is 10.1. The molecule has 17 heavy (non-hydrogen) atoms. The van der Waals surface area contributed by atoms with Gasteiger partial charge in [-0.2, -0.15) is 0 Å². The van der Waals surface area contributed by atoms with Crippen molar-refractivity contribution < 1.29 is 19.1 Å². The molecule has 1 aromatic rings. The van der Waals surface area contributed by atoms with Gasteiger partial charge in [0.15, 0.2) is 5.78 Å². The van der Waals surface area contributed by atoms with E-state index in [1.165, 1.54) is 6.92 Å². The minimum atomic E-state index is -0.271. The molecule has 1 rings (SSSR count). The average Bonchev–Trinajstić information content (AvgIpc) is 2.30. The molecular weight excluding hydrogens is 220 g/mol. The van der Waals surface area contributed by atoms with Crippen LogP contribution in [0.3, 0.4) is 0 Å². The first-order chi connectivity index (χ1) is 8.13. The summed E-state index contributed by atoms with van der Waals surface area (Å²) in [6.45, 7) is 3.93. The van der Waals surface area contributed by atoms with E-state index in [0.29, 0.717) is 17.9 Å². The molecule has 0 aliphatic carbocycles. The fourth-order valence-corrected chi connectivity index (χ4v) is 1.27. The molecule has 0 aliphatic heterocycles. The second-order valence-corrected chi connectivity index (χ2v) is 3.48. The van der Waals surface area contributed by atoms with Crippen molar-refractivity contribution in [3.05, 3.63) is 29.8 Å². The maximum Gasteiger partial charge on any atom is 0.309 e. The van der Waals surface area contributed by atoms with Crippen LogP contribution in [0.25, 0.3) is 0 Å². The monoisotopic (exact) mass is 236 g/mol. The van der Waals surface area contributed by atoms with Gasteiger partial charge in [-0.25, -0.2) is 0 Å². The highest BCUT2D eigenvalue weighted by molar-refractivity contribution is 5.94. The standard InChI is InChI=1S/C13H16O4/c1-3-16-13(15)8-9-17-12-6-4-11(5-7-12)10(2)14/h4-7H,3,8-9H2,1-2H3. The molecule has 0 saturated carbocycles. The average molecular weight is 236 g/mol. The minimum absolute atomic E-state index is 0.0167. The summed E-state index contributed by atoms with van der Waals surface area (Å²) in [6, 6.07) is 6.81. The molecule has 0 radical (unpaired) electrons. The maximum atomic E-state index is 11.0. The molecule has 0 spiro atoms. The lowest BCUT2D eigenvalue weighted by atomic mass is 10.1. The molecule has 92 valence electrons. The Bertz CT molecular complexity index is 381. The van der Waals surface area contributed by atoms with Gasteiger partial charge in [0.2, 0.25) is 0 Å². The molecule has 0 saturated heterocycles. The molecule has 0 N–H and O–H groups in total. The second-order valence-electron chi connectivity index (χ2n) is 3.48. The van der Waals surface area contributed by atoms with Crippen LogP contribution in [0.4, 0.5) is 0 Å². The third-order valence-electron chi connectivity index (χ3n) is 2.14. The molecule has 0 unspecified atom stereocenters. The summed E-state index contributed by atoms with van der Waals surface area (Å²) in [5.74, 6) is 0.384. The van der Waals surface area contributed by atoms with Crippen LogP contribution in [-0.4, -0.2) is 25.0 Å². The Kier molecular flexibility index (Phi) is 5.20. The van der Waals surface area contributed by atoms with Crippen LogP contribution in [0.15, 0.2) is 24.3 Å². The largest absolute Gasteiger partial charge is 0.493 e. The van der Waals surface area contributed by atoms with Crippen molar-refractivity contribution in [1.82, 2.24) is 0 Å². The zero-order valence-corrected chi connectivity index (χ0v) is 10.1. The van der Waals surface area contributed by atoms with Crippen LogP contribution in [0.5, 0.6) is 5.75 Å². The van der Waals surface area contributed by atoms with Crippen molar-refractivity contribution in [2.45, 2.75) is 20.3 Å². The van der Waals surface area contributed by atoms with Gasteiger partial charge in [-0.1, -0.05) is 0 Å². The van der Waals surface area contributed by atoms with E-state index in [0.717, 1.165) is 0 Å². The van der Waals surface area contributed by atoms with Crippen molar-refractivity contribution in [1.29, 1.82) is 0 Å². The summed E-state index contributed by atoms with van der Waals surface area (Å²) in [4.78, 5) is 22.1. The Hall–Kier alpha value is -1.84. The molecule has 0 aliphatic rings. The van der Waals surface area contributed by atoms with E-state index < -0.39 is 0 Å². The van der Waals surface area contributed by atoms with Gasteiger partial charge in [0.25, 0.3) is 0 Å². The van der Waals surface area contributed by atoms with E-state index in [4.69, 9.17) is 9.47 Å². The number of hydrogen-bond acceptors (Lipinski definition) is 4. The Morgan fingerprint density at radius 2 is 1.82 bits per heavy atom. The van der Waals surface area contributed by atoms with E-state index in [2.05, 4.69) is 0 Å². The molecule has 0 atom stereocenters. The molecular formula is C13H16O4. The van der Waals surface area contributed by atoms with Gasteiger partial charge >= 0.3 is 5.97 Å². The number of carbonyl (C=O) groups excluding carboxylic acids is 2. The molecule has 4 nitrogen and oxygen atoms in total. The number of hydrogen-bond donors (Lipinski definition) is 0. The molecule has 1 aromatic carbocycles. The minimum Gasteiger partial charge on any atom is -0.493 e. The van der Waals surface area contributed by atoms with E-state index in [1.807, 2.05) is 0 Å². The van der Waals surface area contributed by atoms with E-state index >= 15 is 0 Å². The van der Waals surface area contributed by atoms with Gasteiger partial charge in [-0.15, -0.1) is 0 Å². The smallest absolute Gasteiger partial charge is 0.309 e. The lowest BCUT2D eigenvalue weighted by molar-refractivity contribution is -0.143. The molecule has 0 fully saturated rings. The van der Waals surface area contributed by atoms with Gasteiger partial charge in [0.1, 0.15) is 5.75 Å². The Labute approximate surface area is 101 Å². The van der Waals surface area contributed by atoms with Crippen molar-refractivity contribution in [2.24, 2.45) is 0 Å². The van der Waals surface area contributed by atoms with Crippen molar-refractivity contribution in [3.8, 4) is 5.75 Å². The number of esters is 1. The van der Waals surface area contributed by atoms with Crippen LogP contribution in [0.2, 0.25) is 0 Å². The van der Waals surface area contributed by atoms with Crippen LogP contribution in [0, 0.1) is 0 Å². The SMILES string of the molecule is CCOC(=O)CCOc1ccc(C(C)=O)cc1. The van der Waals surface area contributed by atoms with Crippen LogP contribution < -0.4 is 4.74 Å². The van der Waals surface area contributed by atoms with Crippen molar-refractivity contribution in [2.75, 3.05) is 13.2 Å². The Morgan fingerprint density at radius 1 is 1.18 bits per heavy atom. The maximum absolute atomic E-state index is 11.0. The summed E-state index contributed by atoms with van der Waals surface area (Å²) in [5.41, 5.74) is 0.641. The summed E-state index contributed by atoms with van der Waals surface area (Å²) in [7, 11) is 0. The molecule has 0 amide bonds. The lowest BCUT2D eigenvalue weighted by Crippen LogP contribution is -2.09. The van der Waals surface area contributed by atoms with E-state index in [9.17, 15) is 9.59 Å². The van der Waals surface area contributed by atoms with E-state index in [-0.39, 0.29) is 24.8 Å². The summed E-state index contributed by atoms with van der Waals surface area (Å²) >= 11 is 0. The topological polar surface area (TPSA) is 52.6 Å². The summed E-state index contributed by atoms with van der Waals surface area (Å²) in [6.07, 6.45) is 0.225. The summed E-state index contributed by atoms with van der Waals surface area (Å²) in [5, 5.41) is 0.